The van der Waals surface area contributed by atoms with Crippen LogP contribution in [-0.4, -0.2) is 61.7 Å². The largest absolute Gasteiger partial charge is 0.344 e. The van der Waals surface area contributed by atoms with Crippen molar-refractivity contribution < 1.29 is 4.79 Å². The number of amides is 1. The van der Waals surface area contributed by atoms with Crippen LogP contribution in [0.3, 0.4) is 0 Å². The number of thiazole rings is 1. The lowest BCUT2D eigenvalue weighted by Crippen LogP contribution is -2.48. The number of fused-ring (bicyclic) bond motifs is 1. The zero-order valence-electron chi connectivity index (χ0n) is 16.8. The fraction of sp³-hybridized carbons (Fsp3) is 0.286. The van der Waals surface area contributed by atoms with Gasteiger partial charge in [0.2, 0.25) is 0 Å². The maximum Gasteiger partial charge on any atom is 0.255 e. The molecular formula is C21H21N7OS. The van der Waals surface area contributed by atoms with E-state index < -0.39 is 0 Å². The maximum atomic E-state index is 12.9. The minimum atomic E-state index is 0.00744. The van der Waals surface area contributed by atoms with Crippen LogP contribution >= 0.6 is 11.3 Å². The predicted octanol–water partition coefficient (Wildman–Crippen LogP) is 2.85. The molecule has 0 saturated carbocycles. The van der Waals surface area contributed by atoms with Gasteiger partial charge in [-0.15, -0.1) is 0 Å². The molecule has 1 saturated heterocycles. The van der Waals surface area contributed by atoms with E-state index in [1.807, 2.05) is 49.1 Å². The highest BCUT2D eigenvalue weighted by Gasteiger charge is 2.24. The Bertz CT molecular complexity index is 1170. The number of anilines is 1. The van der Waals surface area contributed by atoms with Gasteiger partial charge < -0.3 is 9.80 Å². The van der Waals surface area contributed by atoms with Crippen molar-refractivity contribution in [1.82, 2.24) is 29.6 Å². The summed E-state index contributed by atoms with van der Waals surface area (Å²) in [7, 11) is 0. The third-order valence-corrected chi connectivity index (χ3v) is 6.25. The molecule has 1 fully saturated rings. The summed E-state index contributed by atoms with van der Waals surface area (Å²) < 4.78 is 1.79. The Morgan fingerprint density at radius 3 is 2.57 bits per heavy atom. The van der Waals surface area contributed by atoms with Crippen molar-refractivity contribution in [3.63, 3.8) is 0 Å². The van der Waals surface area contributed by atoms with Gasteiger partial charge in [-0.2, -0.15) is 5.10 Å². The van der Waals surface area contributed by atoms with Crippen LogP contribution in [0.2, 0.25) is 0 Å². The van der Waals surface area contributed by atoms with Crippen LogP contribution in [0.15, 0.2) is 42.7 Å². The second-order valence-electron chi connectivity index (χ2n) is 7.35. The lowest BCUT2D eigenvalue weighted by molar-refractivity contribution is 0.0746. The topological polar surface area (TPSA) is 80.0 Å². The number of piperazine rings is 1. The molecule has 0 unspecified atom stereocenters. The van der Waals surface area contributed by atoms with Crippen molar-refractivity contribution >= 4 is 32.7 Å². The molecule has 5 rings (SSSR count). The van der Waals surface area contributed by atoms with Crippen molar-refractivity contribution in [1.29, 1.82) is 0 Å². The third-order valence-electron chi connectivity index (χ3n) is 5.21. The van der Waals surface area contributed by atoms with Gasteiger partial charge in [-0.1, -0.05) is 11.3 Å². The SMILES string of the molecule is Cc1cc(C)n(-c2ccc(C(=O)N3CCN(c4nc5cccnc5s4)CC3)cn2)n1. The highest BCUT2D eigenvalue weighted by Crippen LogP contribution is 2.27. The Balaban J connectivity index is 1.25. The average Bonchev–Trinajstić information content (AvgIpc) is 3.36. The molecule has 5 heterocycles. The van der Waals surface area contributed by atoms with Crippen molar-refractivity contribution in [2.24, 2.45) is 0 Å². The van der Waals surface area contributed by atoms with Gasteiger partial charge in [0, 0.05) is 44.3 Å². The molecule has 4 aromatic heterocycles. The van der Waals surface area contributed by atoms with E-state index in [1.165, 1.54) is 0 Å². The molecule has 1 amide bonds. The van der Waals surface area contributed by atoms with Crippen molar-refractivity contribution in [3.8, 4) is 5.82 Å². The van der Waals surface area contributed by atoms with Crippen LogP contribution in [0, 0.1) is 13.8 Å². The normalized spacial score (nSPS) is 14.5. The molecule has 1 aliphatic rings. The standard InChI is InChI=1S/C21H21N7OS/c1-14-12-15(2)28(25-14)18-6-5-16(13-23-18)20(29)26-8-10-27(11-9-26)21-24-17-4-3-7-22-19(17)30-21/h3-7,12-13H,8-11H2,1-2H3. The summed E-state index contributed by atoms with van der Waals surface area (Å²) in [4.78, 5) is 31.5. The quantitative estimate of drug-likeness (QED) is 0.508. The molecule has 0 aliphatic carbocycles. The molecule has 0 atom stereocenters. The van der Waals surface area contributed by atoms with Crippen LogP contribution in [0.5, 0.6) is 0 Å². The van der Waals surface area contributed by atoms with Gasteiger partial charge in [0.1, 0.15) is 10.3 Å². The summed E-state index contributed by atoms with van der Waals surface area (Å²) in [6.45, 7) is 6.75. The molecular weight excluding hydrogens is 398 g/mol. The van der Waals surface area contributed by atoms with E-state index in [2.05, 4.69) is 25.0 Å². The van der Waals surface area contributed by atoms with E-state index >= 15 is 0 Å². The first-order valence-electron chi connectivity index (χ1n) is 9.84. The van der Waals surface area contributed by atoms with E-state index in [-0.39, 0.29) is 5.91 Å². The lowest BCUT2D eigenvalue weighted by Gasteiger charge is -2.34. The maximum absolute atomic E-state index is 12.9. The molecule has 0 spiro atoms. The van der Waals surface area contributed by atoms with Gasteiger partial charge in [-0.25, -0.2) is 19.6 Å². The zero-order chi connectivity index (χ0) is 20.7. The molecule has 0 bridgehead atoms. The summed E-state index contributed by atoms with van der Waals surface area (Å²) in [5.74, 6) is 0.722. The third kappa shape index (κ3) is 3.41. The first kappa shape index (κ1) is 18.7. The van der Waals surface area contributed by atoms with Gasteiger partial charge in [-0.3, -0.25) is 4.79 Å². The van der Waals surface area contributed by atoms with Crippen LogP contribution < -0.4 is 4.90 Å². The summed E-state index contributed by atoms with van der Waals surface area (Å²) in [6, 6.07) is 9.55. The number of rotatable bonds is 3. The molecule has 1 aliphatic heterocycles. The highest BCUT2D eigenvalue weighted by atomic mass is 32.1. The number of carbonyl (C=O) groups excluding carboxylic acids is 1. The van der Waals surface area contributed by atoms with Crippen LogP contribution in [-0.2, 0) is 0 Å². The predicted molar refractivity (Wildman–Crippen MR) is 116 cm³/mol. The van der Waals surface area contributed by atoms with Gasteiger partial charge in [0.25, 0.3) is 5.91 Å². The molecule has 30 heavy (non-hydrogen) atoms. The first-order valence-corrected chi connectivity index (χ1v) is 10.7. The Morgan fingerprint density at radius 1 is 1.07 bits per heavy atom. The second-order valence-corrected chi connectivity index (χ2v) is 8.30. The summed E-state index contributed by atoms with van der Waals surface area (Å²) >= 11 is 1.59. The monoisotopic (exact) mass is 419 g/mol. The summed E-state index contributed by atoms with van der Waals surface area (Å²) in [6.07, 6.45) is 3.43. The highest BCUT2D eigenvalue weighted by molar-refractivity contribution is 7.21. The summed E-state index contributed by atoms with van der Waals surface area (Å²) in [5, 5.41) is 5.41. The fourth-order valence-corrected chi connectivity index (χ4v) is 4.64. The molecule has 152 valence electrons. The molecule has 0 radical (unpaired) electrons. The van der Waals surface area contributed by atoms with Crippen LogP contribution in [0.1, 0.15) is 21.7 Å². The minimum absolute atomic E-state index is 0.00744. The van der Waals surface area contributed by atoms with E-state index in [0.717, 1.165) is 40.0 Å². The minimum Gasteiger partial charge on any atom is -0.344 e. The average molecular weight is 420 g/mol. The Hall–Kier alpha value is -3.33. The number of hydrogen-bond acceptors (Lipinski definition) is 7. The van der Waals surface area contributed by atoms with Crippen LogP contribution in [0.4, 0.5) is 5.13 Å². The van der Waals surface area contributed by atoms with E-state index in [0.29, 0.717) is 24.5 Å². The Kier molecular flexibility index (Phi) is 4.66. The number of pyridine rings is 2. The number of hydrogen-bond donors (Lipinski definition) is 0. The second kappa shape index (κ2) is 7.49. The molecule has 8 nitrogen and oxygen atoms in total. The van der Waals surface area contributed by atoms with Gasteiger partial charge in [-0.05, 0) is 44.2 Å². The lowest BCUT2D eigenvalue weighted by atomic mass is 10.2. The smallest absolute Gasteiger partial charge is 0.255 e. The zero-order valence-corrected chi connectivity index (χ0v) is 17.6. The first-order chi connectivity index (χ1) is 14.6. The van der Waals surface area contributed by atoms with Gasteiger partial charge in [0.05, 0.1) is 11.3 Å². The number of aromatic nitrogens is 5. The molecule has 9 heteroatoms. The summed E-state index contributed by atoms with van der Waals surface area (Å²) in [5.41, 5.74) is 3.47. The number of aryl methyl sites for hydroxylation is 2. The Morgan fingerprint density at radius 2 is 1.90 bits per heavy atom. The fourth-order valence-electron chi connectivity index (χ4n) is 3.68. The van der Waals surface area contributed by atoms with Gasteiger partial charge >= 0.3 is 0 Å². The van der Waals surface area contributed by atoms with Crippen molar-refractivity contribution in [2.45, 2.75) is 13.8 Å². The van der Waals surface area contributed by atoms with Crippen LogP contribution in [0.25, 0.3) is 16.2 Å². The number of carbonyl (C=O) groups is 1. The van der Waals surface area contributed by atoms with E-state index in [9.17, 15) is 4.79 Å². The van der Waals surface area contributed by atoms with Crippen molar-refractivity contribution in [3.05, 3.63) is 59.7 Å². The van der Waals surface area contributed by atoms with Gasteiger partial charge in [0.15, 0.2) is 10.9 Å². The molecule has 4 aromatic rings. The van der Waals surface area contributed by atoms with E-state index in [4.69, 9.17) is 0 Å². The number of nitrogens with zero attached hydrogens (tertiary/aromatic N) is 7. The Labute approximate surface area is 177 Å². The van der Waals surface area contributed by atoms with Crippen molar-refractivity contribution in [2.75, 3.05) is 31.1 Å². The molecule has 0 N–H and O–H groups in total. The van der Waals surface area contributed by atoms with E-state index in [1.54, 1.807) is 28.4 Å². The molecule has 0 aromatic carbocycles.